The first-order chi connectivity index (χ1) is 8.85. The van der Waals surface area contributed by atoms with Crippen molar-refractivity contribution in [3.05, 3.63) is 47.8 Å². The molecule has 0 amide bonds. The molecule has 0 fully saturated rings. The molecule has 92 valence electrons. The second kappa shape index (κ2) is 5.82. The summed E-state index contributed by atoms with van der Waals surface area (Å²) in [6.45, 7) is 0. The lowest BCUT2D eigenvalue weighted by molar-refractivity contribution is 0.354. The van der Waals surface area contributed by atoms with Crippen LogP contribution in [-0.4, -0.2) is 24.4 Å². The molecule has 0 aliphatic heterocycles. The maximum absolute atomic E-state index is 5.35. The molecule has 2 aromatic rings. The van der Waals surface area contributed by atoms with Crippen molar-refractivity contribution >= 4 is 12.2 Å². The van der Waals surface area contributed by atoms with Crippen molar-refractivity contribution in [3.8, 4) is 11.5 Å². The predicted octanol–water partition coefficient (Wildman–Crippen LogP) is 2.66. The summed E-state index contributed by atoms with van der Waals surface area (Å²) in [5.41, 5.74) is 1.93. The van der Waals surface area contributed by atoms with Crippen LogP contribution in [0.3, 0.4) is 0 Å². The van der Waals surface area contributed by atoms with Crippen molar-refractivity contribution in [3.63, 3.8) is 0 Å². The number of para-hydroxylation sites is 1. The summed E-state index contributed by atoms with van der Waals surface area (Å²) in [6, 6.07) is 7.64. The highest BCUT2D eigenvalue weighted by Gasteiger charge is 2.06. The first kappa shape index (κ1) is 12.1. The van der Waals surface area contributed by atoms with Gasteiger partial charge >= 0.3 is 0 Å². The van der Waals surface area contributed by atoms with Gasteiger partial charge in [-0.3, -0.25) is 0 Å². The molecule has 0 saturated heterocycles. The van der Waals surface area contributed by atoms with E-state index in [0.717, 1.165) is 16.9 Å². The van der Waals surface area contributed by atoms with Gasteiger partial charge in [0.2, 0.25) is 0 Å². The zero-order chi connectivity index (χ0) is 12.8. The summed E-state index contributed by atoms with van der Waals surface area (Å²) in [5.74, 6) is 1.44. The fourth-order valence-corrected chi connectivity index (χ4v) is 1.63. The molecule has 2 rings (SSSR count). The molecule has 0 spiro atoms. The van der Waals surface area contributed by atoms with E-state index in [1.807, 2.05) is 36.4 Å². The molecule has 0 radical (unpaired) electrons. The average Bonchev–Trinajstić information content (AvgIpc) is 2.45. The summed E-state index contributed by atoms with van der Waals surface area (Å²) < 4.78 is 10.6. The van der Waals surface area contributed by atoms with Crippen molar-refractivity contribution in [1.29, 1.82) is 0 Å². The highest BCUT2D eigenvalue weighted by atomic mass is 16.5. The lowest BCUT2D eigenvalue weighted by atomic mass is 10.1. The van der Waals surface area contributed by atoms with E-state index in [-0.39, 0.29) is 0 Å². The van der Waals surface area contributed by atoms with Gasteiger partial charge < -0.3 is 9.47 Å². The third kappa shape index (κ3) is 2.66. The van der Waals surface area contributed by atoms with E-state index >= 15 is 0 Å². The van der Waals surface area contributed by atoms with E-state index in [0.29, 0.717) is 5.75 Å². The molecule has 1 heterocycles. The van der Waals surface area contributed by atoms with Gasteiger partial charge in [0.15, 0.2) is 11.5 Å². The Morgan fingerprint density at radius 3 is 2.56 bits per heavy atom. The molecule has 18 heavy (non-hydrogen) atoms. The van der Waals surface area contributed by atoms with E-state index < -0.39 is 0 Å². The van der Waals surface area contributed by atoms with Crippen LogP contribution < -0.4 is 9.47 Å². The first-order valence-electron chi connectivity index (χ1n) is 5.51. The Morgan fingerprint density at radius 1 is 1.00 bits per heavy atom. The summed E-state index contributed by atoms with van der Waals surface area (Å²) >= 11 is 0. The molecule has 4 nitrogen and oxygen atoms in total. The molecule has 0 aliphatic rings. The normalized spacial score (nSPS) is 10.6. The molecule has 0 bridgehead atoms. The van der Waals surface area contributed by atoms with E-state index in [9.17, 15) is 0 Å². The van der Waals surface area contributed by atoms with Crippen molar-refractivity contribution in [2.24, 2.45) is 0 Å². The Kier molecular flexibility index (Phi) is 3.91. The zero-order valence-corrected chi connectivity index (χ0v) is 10.3. The number of aromatic nitrogens is 2. The molecule has 0 saturated carbocycles. The predicted molar refractivity (Wildman–Crippen MR) is 70.5 cm³/mol. The first-order valence-corrected chi connectivity index (χ1v) is 5.51. The summed E-state index contributed by atoms with van der Waals surface area (Å²) in [4.78, 5) is 0. The lowest BCUT2D eigenvalue weighted by Gasteiger charge is -2.09. The van der Waals surface area contributed by atoms with E-state index in [1.165, 1.54) is 0 Å². The molecule has 0 atom stereocenters. The van der Waals surface area contributed by atoms with Crippen LogP contribution in [0.4, 0.5) is 0 Å². The van der Waals surface area contributed by atoms with Crippen LogP contribution in [-0.2, 0) is 0 Å². The molecular formula is C14H14N2O2. The minimum atomic E-state index is 0.715. The molecule has 0 unspecified atom stereocenters. The van der Waals surface area contributed by atoms with Gasteiger partial charge in [-0.15, -0.1) is 0 Å². The fourth-order valence-electron chi connectivity index (χ4n) is 1.63. The summed E-state index contributed by atoms with van der Waals surface area (Å²) in [7, 11) is 3.25. The SMILES string of the molecule is COc1cccc(/C=C/c2ccnnc2)c1OC. The van der Waals surface area contributed by atoms with Crippen LogP contribution in [0.1, 0.15) is 11.1 Å². The highest BCUT2D eigenvalue weighted by molar-refractivity contribution is 5.73. The van der Waals surface area contributed by atoms with Crippen molar-refractivity contribution < 1.29 is 9.47 Å². The lowest BCUT2D eigenvalue weighted by Crippen LogP contribution is -1.92. The van der Waals surface area contributed by atoms with Gasteiger partial charge in [0.05, 0.1) is 26.6 Å². The minimum absolute atomic E-state index is 0.715. The van der Waals surface area contributed by atoms with E-state index in [1.54, 1.807) is 26.6 Å². The Labute approximate surface area is 106 Å². The second-order valence-electron chi connectivity index (χ2n) is 3.59. The maximum Gasteiger partial charge on any atom is 0.167 e. The monoisotopic (exact) mass is 242 g/mol. The van der Waals surface area contributed by atoms with Gasteiger partial charge in [0.25, 0.3) is 0 Å². The van der Waals surface area contributed by atoms with Crippen LogP contribution in [0, 0.1) is 0 Å². The topological polar surface area (TPSA) is 44.2 Å². The molecule has 1 aromatic carbocycles. The van der Waals surface area contributed by atoms with Crippen molar-refractivity contribution in [2.45, 2.75) is 0 Å². The Morgan fingerprint density at radius 2 is 1.89 bits per heavy atom. The smallest absolute Gasteiger partial charge is 0.167 e. The van der Waals surface area contributed by atoms with Gasteiger partial charge in [-0.1, -0.05) is 24.3 Å². The van der Waals surface area contributed by atoms with Crippen LogP contribution in [0.2, 0.25) is 0 Å². The van der Waals surface area contributed by atoms with Crippen LogP contribution >= 0.6 is 0 Å². The molecule has 0 N–H and O–H groups in total. The highest BCUT2D eigenvalue weighted by Crippen LogP contribution is 2.31. The van der Waals surface area contributed by atoms with Crippen molar-refractivity contribution in [1.82, 2.24) is 10.2 Å². The second-order valence-corrected chi connectivity index (χ2v) is 3.59. The Balaban J connectivity index is 2.32. The number of hydrogen-bond donors (Lipinski definition) is 0. The van der Waals surface area contributed by atoms with Gasteiger partial charge in [-0.2, -0.15) is 10.2 Å². The molecular weight excluding hydrogens is 228 g/mol. The van der Waals surface area contributed by atoms with Crippen LogP contribution in [0.5, 0.6) is 11.5 Å². The quantitative estimate of drug-likeness (QED) is 0.826. The molecule has 0 aliphatic carbocycles. The number of benzene rings is 1. The van der Waals surface area contributed by atoms with Crippen LogP contribution in [0.25, 0.3) is 12.2 Å². The van der Waals surface area contributed by atoms with E-state index in [2.05, 4.69) is 10.2 Å². The molecule has 4 heteroatoms. The van der Waals surface area contributed by atoms with Gasteiger partial charge in [-0.25, -0.2) is 0 Å². The third-order valence-corrected chi connectivity index (χ3v) is 2.50. The largest absolute Gasteiger partial charge is 0.493 e. The fraction of sp³-hybridized carbons (Fsp3) is 0.143. The van der Waals surface area contributed by atoms with Gasteiger partial charge in [0.1, 0.15) is 0 Å². The Bertz CT molecular complexity index is 539. The summed E-state index contributed by atoms with van der Waals surface area (Å²) in [5, 5.41) is 7.55. The molecule has 1 aromatic heterocycles. The van der Waals surface area contributed by atoms with Gasteiger partial charge in [0, 0.05) is 5.56 Å². The van der Waals surface area contributed by atoms with E-state index in [4.69, 9.17) is 9.47 Å². The third-order valence-electron chi connectivity index (χ3n) is 2.50. The number of methoxy groups -OCH3 is 2. The average molecular weight is 242 g/mol. The number of rotatable bonds is 4. The number of nitrogens with zero attached hydrogens (tertiary/aromatic N) is 2. The number of ether oxygens (including phenoxy) is 2. The standard InChI is InChI=1S/C14H14N2O2/c1-17-13-5-3-4-12(14(13)18-2)7-6-11-8-9-15-16-10-11/h3-10H,1-2H3/b7-6+. The Hall–Kier alpha value is -2.36. The maximum atomic E-state index is 5.35. The number of hydrogen-bond acceptors (Lipinski definition) is 4. The van der Waals surface area contributed by atoms with Crippen molar-refractivity contribution in [2.75, 3.05) is 14.2 Å². The van der Waals surface area contributed by atoms with Gasteiger partial charge in [-0.05, 0) is 17.7 Å². The minimum Gasteiger partial charge on any atom is -0.493 e. The van der Waals surface area contributed by atoms with Crippen LogP contribution in [0.15, 0.2) is 36.7 Å². The zero-order valence-electron chi connectivity index (χ0n) is 10.3. The summed E-state index contributed by atoms with van der Waals surface area (Å²) in [6.07, 6.45) is 7.26.